The average molecular weight is 349 g/mol. The van der Waals surface area contributed by atoms with Gasteiger partial charge in [-0.1, -0.05) is 29.8 Å². The second kappa shape index (κ2) is 8.72. The van der Waals surface area contributed by atoms with Crippen LogP contribution in [0.1, 0.15) is 22.3 Å². The molecular weight excluding hydrogens is 326 g/mol. The maximum absolute atomic E-state index is 12.4. The number of nitrogens with one attached hydrogen (secondary N) is 2. The minimum absolute atomic E-state index is 0.0258. The van der Waals surface area contributed by atoms with E-state index in [1.54, 1.807) is 7.11 Å². The minimum atomic E-state index is -0.426. The molecule has 0 heterocycles. The Hall–Kier alpha value is -3.26. The number of benzene rings is 2. The van der Waals surface area contributed by atoms with Crippen molar-refractivity contribution in [3.05, 3.63) is 70.4 Å². The van der Waals surface area contributed by atoms with Gasteiger partial charge >= 0.3 is 0 Å². The van der Waals surface area contributed by atoms with E-state index in [4.69, 9.17) is 4.74 Å². The molecule has 0 atom stereocenters. The van der Waals surface area contributed by atoms with Crippen LogP contribution in [-0.4, -0.2) is 13.0 Å². The molecule has 2 aromatic carbocycles. The highest BCUT2D eigenvalue weighted by Crippen LogP contribution is 2.22. The third-order valence-electron chi connectivity index (χ3n) is 3.99. The first-order valence-electron chi connectivity index (χ1n) is 8.30. The Morgan fingerprint density at radius 3 is 2.31 bits per heavy atom. The molecule has 1 amide bonds. The van der Waals surface area contributed by atoms with Crippen molar-refractivity contribution in [2.24, 2.45) is 0 Å². The molecule has 2 aromatic rings. The van der Waals surface area contributed by atoms with E-state index < -0.39 is 5.91 Å². The zero-order valence-corrected chi connectivity index (χ0v) is 15.5. The molecular formula is C21H23N3O2. The van der Waals surface area contributed by atoms with Gasteiger partial charge in [0.1, 0.15) is 17.4 Å². The molecule has 0 aromatic heterocycles. The highest BCUT2D eigenvalue weighted by molar-refractivity contribution is 6.07. The SMILES string of the molecule is COc1ccc(CN/C=C(/C#N)C(=O)Nc2c(C)cc(C)cc2C)cc1. The van der Waals surface area contributed by atoms with Crippen molar-refractivity contribution in [2.75, 3.05) is 12.4 Å². The molecule has 2 rings (SSSR count). The van der Waals surface area contributed by atoms with Crippen LogP contribution < -0.4 is 15.4 Å². The summed E-state index contributed by atoms with van der Waals surface area (Å²) in [7, 11) is 1.62. The molecule has 0 bridgehead atoms. The number of aryl methyl sites for hydroxylation is 3. The van der Waals surface area contributed by atoms with Gasteiger partial charge in [-0.3, -0.25) is 4.79 Å². The number of hydrogen-bond acceptors (Lipinski definition) is 4. The van der Waals surface area contributed by atoms with E-state index in [1.165, 1.54) is 6.20 Å². The lowest BCUT2D eigenvalue weighted by atomic mass is 10.0. The van der Waals surface area contributed by atoms with E-state index in [0.717, 1.165) is 33.7 Å². The van der Waals surface area contributed by atoms with E-state index in [1.807, 2.05) is 63.2 Å². The first kappa shape index (κ1) is 19.1. The number of carbonyl (C=O) groups is 1. The Bertz CT molecular complexity index is 839. The molecule has 0 aliphatic rings. The topological polar surface area (TPSA) is 74.1 Å². The molecule has 0 radical (unpaired) electrons. The van der Waals surface area contributed by atoms with Crippen molar-refractivity contribution in [2.45, 2.75) is 27.3 Å². The summed E-state index contributed by atoms with van der Waals surface area (Å²) in [6, 6.07) is 13.5. The molecule has 0 aliphatic heterocycles. The summed E-state index contributed by atoms with van der Waals surface area (Å²) in [6.07, 6.45) is 1.44. The number of nitriles is 1. The van der Waals surface area contributed by atoms with E-state index in [0.29, 0.717) is 6.54 Å². The Morgan fingerprint density at radius 1 is 1.15 bits per heavy atom. The third kappa shape index (κ3) is 4.87. The lowest BCUT2D eigenvalue weighted by Gasteiger charge is -2.12. The predicted molar refractivity (Wildman–Crippen MR) is 103 cm³/mol. The quantitative estimate of drug-likeness (QED) is 0.615. The maximum atomic E-state index is 12.4. The molecule has 0 spiro atoms. The third-order valence-corrected chi connectivity index (χ3v) is 3.99. The van der Waals surface area contributed by atoms with Crippen LogP contribution in [-0.2, 0) is 11.3 Å². The highest BCUT2D eigenvalue weighted by Gasteiger charge is 2.12. The zero-order chi connectivity index (χ0) is 19.1. The lowest BCUT2D eigenvalue weighted by Crippen LogP contribution is -2.18. The predicted octanol–water partition coefficient (Wildman–Crippen LogP) is 3.76. The van der Waals surface area contributed by atoms with Crippen LogP contribution in [0.4, 0.5) is 5.69 Å². The molecule has 134 valence electrons. The fourth-order valence-electron chi connectivity index (χ4n) is 2.72. The second-order valence-corrected chi connectivity index (χ2v) is 6.13. The van der Waals surface area contributed by atoms with Crippen molar-refractivity contribution in [1.82, 2.24) is 5.32 Å². The summed E-state index contributed by atoms with van der Waals surface area (Å²) in [5.41, 5.74) is 4.87. The molecule has 0 saturated heterocycles. The van der Waals surface area contributed by atoms with Crippen LogP contribution >= 0.6 is 0 Å². The minimum Gasteiger partial charge on any atom is -0.497 e. The van der Waals surface area contributed by atoms with Gasteiger partial charge in [0.25, 0.3) is 5.91 Å². The van der Waals surface area contributed by atoms with Crippen molar-refractivity contribution in [1.29, 1.82) is 5.26 Å². The molecule has 0 saturated carbocycles. The summed E-state index contributed by atoms with van der Waals surface area (Å²) < 4.78 is 5.12. The van der Waals surface area contributed by atoms with E-state index in [9.17, 15) is 10.1 Å². The van der Waals surface area contributed by atoms with Gasteiger partial charge in [0, 0.05) is 18.4 Å². The van der Waals surface area contributed by atoms with Gasteiger partial charge in [0.15, 0.2) is 0 Å². The zero-order valence-electron chi connectivity index (χ0n) is 15.5. The first-order valence-corrected chi connectivity index (χ1v) is 8.30. The second-order valence-electron chi connectivity index (χ2n) is 6.13. The van der Waals surface area contributed by atoms with Gasteiger partial charge in [-0.25, -0.2) is 0 Å². The standard InChI is InChI=1S/C21H23N3O2/c1-14-9-15(2)20(16(3)10-14)24-21(25)18(11-22)13-23-12-17-5-7-19(26-4)8-6-17/h5-10,13,23H,12H2,1-4H3,(H,24,25)/b18-13-. The smallest absolute Gasteiger partial charge is 0.267 e. The molecule has 0 fully saturated rings. The van der Waals surface area contributed by atoms with Gasteiger partial charge in [0.05, 0.1) is 7.11 Å². The number of nitrogens with zero attached hydrogens (tertiary/aromatic N) is 1. The van der Waals surface area contributed by atoms with E-state index >= 15 is 0 Å². The lowest BCUT2D eigenvalue weighted by molar-refractivity contribution is -0.112. The Balaban J connectivity index is 2.04. The van der Waals surface area contributed by atoms with Crippen LogP contribution in [0.2, 0.25) is 0 Å². The van der Waals surface area contributed by atoms with Gasteiger partial charge in [0.2, 0.25) is 0 Å². The molecule has 5 nitrogen and oxygen atoms in total. The number of rotatable bonds is 6. The fraction of sp³-hybridized carbons (Fsp3) is 0.238. The van der Waals surface area contributed by atoms with Crippen molar-refractivity contribution >= 4 is 11.6 Å². The molecule has 0 unspecified atom stereocenters. The van der Waals surface area contributed by atoms with Gasteiger partial charge in [-0.15, -0.1) is 0 Å². The first-order chi connectivity index (χ1) is 12.4. The number of anilines is 1. The summed E-state index contributed by atoms with van der Waals surface area (Å²) in [6.45, 7) is 6.39. The summed E-state index contributed by atoms with van der Waals surface area (Å²) in [5, 5.41) is 15.1. The normalized spacial score (nSPS) is 10.8. The number of ether oxygens (including phenoxy) is 1. The Morgan fingerprint density at radius 2 is 1.77 bits per heavy atom. The van der Waals surface area contributed by atoms with Gasteiger partial charge in [-0.2, -0.15) is 5.26 Å². The van der Waals surface area contributed by atoms with Crippen LogP contribution in [0.15, 0.2) is 48.2 Å². The summed E-state index contributed by atoms with van der Waals surface area (Å²) in [5.74, 6) is 0.356. The summed E-state index contributed by atoms with van der Waals surface area (Å²) in [4.78, 5) is 12.4. The van der Waals surface area contributed by atoms with Crippen LogP contribution in [0.25, 0.3) is 0 Å². The van der Waals surface area contributed by atoms with Crippen molar-refractivity contribution < 1.29 is 9.53 Å². The van der Waals surface area contributed by atoms with Gasteiger partial charge < -0.3 is 15.4 Å². The summed E-state index contributed by atoms with van der Waals surface area (Å²) >= 11 is 0. The maximum Gasteiger partial charge on any atom is 0.267 e. The number of hydrogen-bond donors (Lipinski definition) is 2. The molecule has 2 N–H and O–H groups in total. The van der Waals surface area contributed by atoms with Crippen LogP contribution in [0, 0.1) is 32.1 Å². The molecule has 26 heavy (non-hydrogen) atoms. The van der Waals surface area contributed by atoms with Gasteiger partial charge in [-0.05, 0) is 49.6 Å². The largest absolute Gasteiger partial charge is 0.497 e. The number of methoxy groups -OCH3 is 1. The molecule has 0 aliphatic carbocycles. The fourth-order valence-corrected chi connectivity index (χ4v) is 2.72. The number of amides is 1. The molecule has 5 heteroatoms. The Kier molecular flexibility index (Phi) is 6.40. The Labute approximate surface area is 154 Å². The monoisotopic (exact) mass is 349 g/mol. The van der Waals surface area contributed by atoms with E-state index in [-0.39, 0.29) is 5.57 Å². The highest BCUT2D eigenvalue weighted by atomic mass is 16.5. The van der Waals surface area contributed by atoms with E-state index in [2.05, 4.69) is 10.6 Å². The average Bonchev–Trinajstić information content (AvgIpc) is 2.62. The van der Waals surface area contributed by atoms with Crippen molar-refractivity contribution in [3.63, 3.8) is 0 Å². The van der Waals surface area contributed by atoms with Crippen LogP contribution in [0.5, 0.6) is 5.75 Å². The van der Waals surface area contributed by atoms with Crippen molar-refractivity contribution in [3.8, 4) is 11.8 Å². The van der Waals surface area contributed by atoms with Crippen LogP contribution in [0.3, 0.4) is 0 Å². The number of carbonyl (C=O) groups excluding carboxylic acids is 1.